The lowest BCUT2D eigenvalue weighted by Gasteiger charge is -2.24. The predicted molar refractivity (Wildman–Crippen MR) is 94.1 cm³/mol. The minimum atomic E-state index is 0.438. The first-order valence-corrected chi connectivity index (χ1v) is 9.77. The smallest absolute Gasteiger partial charge is 0.191 e. The second kappa shape index (κ2) is 5.84. The Hall–Kier alpha value is -1.95. The minimum Gasteiger partial charge on any atom is -0.334 e. The molecule has 0 amide bonds. The van der Waals surface area contributed by atoms with Gasteiger partial charge in [0.05, 0.1) is 10.9 Å². The highest BCUT2D eigenvalue weighted by Gasteiger charge is 2.29. The number of fused-ring (bicyclic) bond motifs is 1. The van der Waals surface area contributed by atoms with Crippen LogP contribution in [0, 0.1) is 0 Å². The summed E-state index contributed by atoms with van der Waals surface area (Å²) >= 11 is 1.72. The molecular weight excluding hydrogens is 318 g/mol. The fraction of sp³-hybridized carbons (Fsp3) is 0.500. The highest BCUT2D eigenvalue weighted by atomic mass is 32.1. The molecule has 3 aromatic rings. The topological polar surface area (TPSA) is 48.5 Å². The van der Waals surface area contributed by atoms with Gasteiger partial charge in [0.1, 0.15) is 11.6 Å². The van der Waals surface area contributed by atoms with Gasteiger partial charge in [-0.1, -0.05) is 18.9 Å². The maximum absolute atomic E-state index is 5.01. The molecule has 1 unspecified atom stereocenters. The molecule has 1 aliphatic carbocycles. The van der Waals surface area contributed by atoms with Gasteiger partial charge in [-0.15, -0.1) is 16.4 Å². The van der Waals surface area contributed by atoms with E-state index in [-0.39, 0.29) is 0 Å². The lowest BCUT2D eigenvalue weighted by Crippen LogP contribution is -2.23. The van der Waals surface area contributed by atoms with Crippen molar-refractivity contribution >= 4 is 11.3 Å². The molecule has 0 saturated heterocycles. The van der Waals surface area contributed by atoms with Crippen LogP contribution in [0.1, 0.15) is 55.7 Å². The Kier molecular flexibility index (Phi) is 3.51. The zero-order valence-electron chi connectivity index (χ0n) is 13.6. The van der Waals surface area contributed by atoms with E-state index >= 15 is 0 Å². The average molecular weight is 339 g/mol. The van der Waals surface area contributed by atoms with Gasteiger partial charge in [-0.25, -0.2) is 14.6 Å². The number of hydrogen-bond donors (Lipinski definition) is 0. The fourth-order valence-corrected chi connectivity index (χ4v) is 4.77. The van der Waals surface area contributed by atoms with Crippen molar-refractivity contribution in [2.75, 3.05) is 0 Å². The molecule has 1 saturated carbocycles. The first-order chi connectivity index (χ1) is 11.9. The van der Waals surface area contributed by atoms with E-state index in [9.17, 15) is 0 Å². The highest BCUT2D eigenvalue weighted by molar-refractivity contribution is 7.13. The van der Waals surface area contributed by atoms with Crippen LogP contribution < -0.4 is 0 Å². The van der Waals surface area contributed by atoms with E-state index in [1.54, 1.807) is 11.3 Å². The van der Waals surface area contributed by atoms with Crippen molar-refractivity contribution in [3.63, 3.8) is 0 Å². The van der Waals surface area contributed by atoms with Crippen molar-refractivity contribution in [3.8, 4) is 10.7 Å². The normalized spacial score (nSPS) is 21.2. The van der Waals surface area contributed by atoms with Crippen molar-refractivity contribution in [3.05, 3.63) is 41.6 Å². The van der Waals surface area contributed by atoms with Crippen LogP contribution >= 0.6 is 11.3 Å². The monoisotopic (exact) mass is 339 g/mol. The minimum absolute atomic E-state index is 0.438. The number of thiophene rings is 1. The summed E-state index contributed by atoms with van der Waals surface area (Å²) in [7, 11) is 0. The summed E-state index contributed by atoms with van der Waals surface area (Å²) in [5, 5.41) is 7.05. The van der Waals surface area contributed by atoms with Crippen LogP contribution in [0.2, 0.25) is 0 Å². The van der Waals surface area contributed by atoms with E-state index in [0.29, 0.717) is 12.0 Å². The fourth-order valence-electron chi connectivity index (χ4n) is 4.12. The number of aromatic nitrogens is 5. The van der Waals surface area contributed by atoms with Crippen LogP contribution in [-0.2, 0) is 13.0 Å². The van der Waals surface area contributed by atoms with Gasteiger partial charge in [0, 0.05) is 31.3 Å². The average Bonchev–Trinajstić information content (AvgIpc) is 3.41. The van der Waals surface area contributed by atoms with Crippen molar-refractivity contribution < 1.29 is 0 Å². The van der Waals surface area contributed by atoms with E-state index in [0.717, 1.165) is 25.2 Å². The highest BCUT2D eigenvalue weighted by Crippen LogP contribution is 2.36. The summed E-state index contributed by atoms with van der Waals surface area (Å²) < 4.78 is 4.56. The Morgan fingerprint density at radius 2 is 2.08 bits per heavy atom. The first-order valence-electron chi connectivity index (χ1n) is 8.89. The Labute approximate surface area is 145 Å². The summed E-state index contributed by atoms with van der Waals surface area (Å²) in [6.45, 7) is 0.977. The van der Waals surface area contributed by atoms with E-state index < -0.39 is 0 Å². The number of imidazole rings is 1. The van der Waals surface area contributed by atoms with Crippen molar-refractivity contribution in [1.82, 2.24) is 24.3 Å². The lowest BCUT2D eigenvalue weighted by molar-refractivity contribution is 0.382. The zero-order chi connectivity index (χ0) is 15.9. The SMILES string of the molecule is c1csc(-c2nc(C3CCc4nccn4C3)n(C3CCCC3)n2)c1. The standard InChI is InChI=1S/C18H21N5S/c1-2-5-14(4-1)23-18(20-17(21-23)15-6-3-11-24-15)13-7-8-16-19-9-10-22(16)12-13/h3,6,9-11,13-14H,1-2,4-5,7-8,12H2. The van der Waals surface area contributed by atoms with Gasteiger partial charge in [0.15, 0.2) is 5.82 Å². The third kappa shape index (κ3) is 2.40. The molecule has 24 heavy (non-hydrogen) atoms. The molecule has 1 fully saturated rings. The maximum Gasteiger partial charge on any atom is 0.191 e. The quantitative estimate of drug-likeness (QED) is 0.723. The second-order valence-electron chi connectivity index (χ2n) is 6.89. The molecule has 1 aliphatic heterocycles. The van der Waals surface area contributed by atoms with Gasteiger partial charge < -0.3 is 4.57 Å². The summed E-state index contributed by atoms with van der Waals surface area (Å²) in [5.74, 6) is 3.73. The Morgan fingerprint density at radius 3 is 2.92 bits per heavy atom. The number of aryl methyl sites for hydroxylation is 1. The molecule has 4 heterocycles. The van der Waals surface area contributed by atoms with Crippen molar-refractivity contribution in [2.24, 2.45) is 0 Å². The van der Waals surface area contributed by atoms with Gasteiger partial charge >= 0.3 is 0 Å². The van der Waals surface area contributed by atoms with Crippen LogP contribution in [0.4, 0.5) is 0 Å². The van der Waals surface area contributed by atoms with Crippen molar-refractivity contribution in [2.45, 2.75) is 57.0 Å². The van der Waals surface area contributed by atoms with E-state index in [4.69, 9.17) is 10.1 Å². The molecule has 2 aliphatic rings. The summed E-state index contributed by atoms with van der Waals surface area (Å²) in [6.07, 6.45) is 11.3. The summed E-state index contributed by atoms with van der Waals surface area (Å²) in [5.41, 5.74) is 0. The summed E-state index contributed by atoms with van der Waals surface area (Å²) in [6, 6.07) is 4.73. The van der Waals surface area contributed by atoms with Crippen LogP contribution in [0.25, 0.3) is 10.7 Å². The molecule has 0 aromatic carbocycles. The lowest BCUT2D eigenvalue weighted by atomic mass is 9.98. The van der Waals surface area contributed by atoms with Crippen LogP contribution in [0.3, 0.4) is 0 Å². The second-order valence-corrected chi connectivity index (χ2v) is 7.83. The Balaban J connectivity index is 1.54. The van der Waals surface area contributed by atoms with E-state index in [1.165, 1.54) is 42.2 Å². The van der Waals surface area contributed by atoms with Gasteiger partial charge in [0.2, 0.25) is 0 Å². The predicted octanol–water partition coefficient (Wildman–Crippen LogP) is 4.05. The molecule has 3 aromatic heterocycles. The largest absolute Gasteiger partial charge is 0.334 e. The van der Waals surface area contributed by atoms with Gasteiger partial charge in [0.25, 0.3) is 0 Å². The zero-order valence-corrected chi connectivity index (χ0v) is 14.5. The third-order valence-electron chi connectivity index (χ3n) is 5.37. The van der Waals surface area contributed by atoms with Gasteiger partial charge in [-0.2, -0.15) is 0 Å². The third-order valence-corrected chi connectivity index (χ3v) is 6.24. The summed E-state index contributed by atoms with van der Waals surface area (Å²) in [4.78, 5) is 10.6. The Bertz CT molecular complexity index is 826. The molecule has 0 N–H and O–H groups in total. The van der Waals surface area contributed by atoms with Crippen LogP contribution in [-0.4, -0.2) is 24.3 Å². The molecular formula is C18H21N5S. The molecule has 0 radical (unpaired) electrons. The van der Waals surface area contributed by atoms with Crippen LogP contribution in [0.5, 0.6) is 0 Å². The molecule has 124 valence electrons. The van der Waals surface area contributed by atoms with Gasteiger partial charge in [-0.05, 0) is 30.7 Å². The Morgan fingerprint density at radius 1 is 1.17 bits per heavy atom. The number of nitrogens with zero attached hydrogens (tertiary/aromatic N) is 5. The maximum atomic E-state index is 5.01. The van der Waals surface area contributed by atoms with E-state index in [1.807, 2.05) is 6.20 Å². The number of hydrogen-bond acceptors (Lipinski definition) is 4. The molecule has 5 rings (SSSR count). The van der Waals surface area contributed by atoms with Crippen molar-refractivity contribution in [1.29, 1.82) is 0 Å². The van der Waals surface area contributed by atoms with E-state index in [2.05, 4.69) is 37.9 Å². The first kappa shape index (κ1) is 14.4. The molecule has 5 nitrogen and oxygen atoms in total. The molecule has 0 bridgehead atoms. The van der Waals surface area contributed by atoms with Crippen LogP contribution in [0.15, 0.2) is 29.9 Å². The van der Waals surface area contributed by atoms with Gasteiger partial charge in [-0.3, -0.25) is 0 Å². The molecule has 0 spiro atoms. The molecule has 1 atom stereocenters. The molecule has 6 heteroatoms. The number of rotatable bonds is 3.